The lowest BCUT2D eigenvalue weighted by molar-refractivity contribution is 0.0571. The van der Waals surface area contributed by atoms with Crippen molar-refractivity contribution in [3.05, 3.63) is 69.8 Å². The van der Waals surface area contributed by atoms with E-state index in [4.69, 9.17) is 9.72 Å². The molecule has 2 aromatic heterocycles. The number of nitrogens with zero attached hydrogens (tertiary/aromatic N) is 4. The average molecular weight is 544 g/mol. The Morgan fingerprint density at radius 1 is 1.21 bits per heavy atom. The van der Waals surface area contributed by atoms with Crippen LogP contribution in [0.3, 0.4) is 0 Å². The number of esters is 1. The molecule has 0 fully saturated rings. The van der Waals surface area contributed by atoms with Gasteiger partial charge in [-0.05, 0) is 64.3 Å². The van der Waals surface area contributed by atoms with Gasteiger partial charge in [0.05, 0.1) is 10.2 Å². The molecule has 0 spiro atoms. The Morgan fingerprint density at radius 3 is 2.73 bits per heavy atom. The van der Waals surface area contributed by atoms with Crippen LogP contribution in [0.5, 0.6) is 0 Å². The van der Waals surface area contributed by atoms with E-state index < -0.39 is 5.97 Å². The maximum absolute atomic E-state index is 12.8. The van der Waals surface area contributed by atoms with Gasteiger partial charge >= 0.3 is 5.97 Å². The van der Waals surface area contributed by atoms with Gasteiger partial charge in [-0.3, -0.25) is 0 Å². The molecule has 0 amide bonds. The van der Waals surface area contributed by atoms with Gasteiger partial charge in [0.25, 0.3) is 0 Å². The summed E-state index contributed by atoms with van der Waals surface area (Å²) in [5.74, 6) is 0.677. The monoisotopic (exact) mass is 542 g/mol. The minimum absolute atomic E-state index is 0.213. The molecule has 0 N–H and O–H groups in total. The second-order valence-corrected chi connectivity index (χ2v) is 10.1. The molecule has 2 aromatic carbocycles. The maximum atomic E-state index is 12.8. The predicted molar refractivity (Wildman–Crippen MR) is 138 cm³/mol. The zero-order valence-corrected chi connectivity index (χ0v) is 21.9. The summed E-state index contributed by atoms with van der Waals surface area (Å²) in [6.45, 7) is 6.30. The normalized spacial score (nSPS) is 11.2. The van der Waals surface area contributed by atoms with E-state index in [9.17, 15) is 4.79 Å². The summed E-state index contributed by atoms with van der Waals surface area (Å²) in [7, 11) is 0. The highest BCUT2D eigenvalue weighted by Crippen LogP contribution is 2.37. The molecule has 0 aliphatic carbocycles. The minimum atomic E-state index is -0.485. The van der Waals surface area contributed by atoms with E-state index in [1.807, 2.05) is 49.6 Å². The van der Waals surface area contributed by atoms with Crippen molar-refractivity contribution in [2.45, 2.75) is 26.7 Å². The first-order valence-corrected chi connectivity index (χ1v) is 13.3. The van der Waals surface area contributed by atoms with E-state index in [1.54, 1.807) is 4.68 Å². The highest BCUT2D eigenvalue weighted by Gasteiger charge is 2.28. The van der Waals surface area contributed by atoms with E-state index >= 15 is 0 Å². The van der Waals surface area contributed by atoms with Crippen LogP contribution in [-0.4, -0.2) is 37.3 Å². The molecule has 0 atom stereocenters. The first-order valence-electron chi connectivity index (χ1n) is 10.4. The fourth-order valence-electron chi connectivity index (χ4n) is 3.46. The third-order valence-electron chi connectivity index (χ3n) is 5.02. The van der Waals surface area contributed by atoms with E-state index in [-0.39, 0.29) is 17.6 Å². The van der Waals surface area contributed by atoms with Gasteiger partial charge in [0.1, 0.15) is 11.6 Å². The van der Waals surface area contributed by atoms with E-state index in [1.165, 1.54) is 23.3 Å². The van der Waals surface area contributed by atoms with Gasteiger partial charge in [-0.2, -0.15) is 9.47 Å². The summed E-state index contributed by atoms with van der Waals surface area (Å²) in [6, 6.07) is 16.1. The van der Waals surface area contributed by atoms with Crippen LogP contribution in [0.25, 0.3) is 27.8 Å². The Kier molecular flexibility index (Phi) is 7.31. The van der Waals surface area contributed by atoms with Crippen LogP contribution in [-0.2, 0) is 4.74 Å². The quantitative estimate of drug-likeness (QED) is 0.190. The third-order valence-corrected chi connectivity index (χ3v) is 6.85. The van der Waals surface area contributed by atoms with Gasteiger partial charge in [-0.25, -0.2) is 14.5 Å². The molecule has 2 heterocycles. The highest BCUT2D eigenvalue weighted by atomic mass is 79.9. The molecule has 6 nitrogen and oxygen atoms in total. The van der Waals surface area contributed by atoms with E-state index in [0.29, 0.717) is 21.0 Å². The Hall–Kier alpha value is -2.49. The van der Waals surface area contributed by atoms with Crippen LogP contribution >= 0.6 is 39.2 Å². The molecule has 0 bridgehead atoms. The van der Waals surface area contributed by atoms with Crippen LogP contribution in [0.2, 0.25) is 0 Å². The Labute approximate surface area is 209 Å². The molecule has 0 saturated carbocycles. The summed E-state index contributed by atoms with van der Waals surface area (Å²) in [6.07, 6.45) is 1.87. The first kappa shape index (κ1) is 23.7. The SMILES string of the molecule is CSCOC(=O)c1nn(-c2ccccc2C(C)C)c(-c2nc(-c3cccc(C)c3)ns2)c1Br. The molecule has 0 saturated heterocycles. The van der Waals surface area contributed by atoms with E-state index in [2.05, 4.69) is 51.4 Å². The number of rotatable bonds is 7. The number of hydrogen-bond donors (Lipinski definition) is 0. The van der Waals surface area contributed by atoms with Crippen molar-refractivity contribution in [1.82, 2.24) is 19.1 Å². The van der Waals surface area contributed by atoms with E-state index in [0.717, 1.165) is 22.4 Å². The predicted octanol–water partition coefficient (Wildman–Crippen LogP) is 6.73. The van der Waals surface area contributed by atoms with Gasteiger partial charge in [0.15, 0.2) is 16.5 Å². The van der Waals surface area contributed by atoms with Crippen LogP contribution in [0.15, 0.2) is 53.0 Å². The van der Waals surface area contributed by atoms with Crippen molar-refractivity contribution < 1.29 is 9.53 Å². The van der Waals surface area contributed by atoms with Crippen molar-refractivity contribution >= 4 is 45.2 Å². The number of aromatic nitrogens is 4. The molecule has 33 heavy (non-hydrogen) atoms. The zero-order valence-electron chi connectivity index (χ0n) is 18.7. The largest absolute Gasteiger partial charge is 0.450 e. The fraction of sp³-hybridized carbons (Fsp3) is 0.250. The average Bonchev–Trinajstić information content (AvgIpc) is 3.42. The second kappa shape index (κ2) is 10.2. The molecular formula is C24H23BrN4O2S2. The summed E-state index contributed by atoms with van der Waals surface area (Å²) in [5, 5.41) is 5.33. The minimum Gasteiger partial charge on any atom is -0.450 e. The van der Waals surface area contributed by atoms with Crippen molar-refractivity contribution in [3.63, 3.8) is 0 Å². The van der Waals surface area contributed by atoms with Crippen molar-refractivity contribution in [1.29, 1.82) is 0 Å². The highest BCUT2D eigenvalue weighted by molar-refractivity contribution is 9.10. The molecule has 0 unspecified atom stereocenters. The molecule has 9 heteroatoms. The molecule has 0 radical (unpaired) electrons. The molecule has 0 aliphatic heterocycles. The fourth-order valence-corrected chi connectivity index (χ4v) is 5.13. The Bertz CT molecular complexity index is 1300. The summed E-state index contributed by atoms with van der Waals surface area (Å²) in [4.78, 5) is 17.6. The topological polar surface area (TPSA) is 69.9 Å². The molecule has 170 valence electrons. The lowest BCUT2D eigenvalue weighted by atomic mass is 10.0. The first-order chi connectivity index (χ1) is 15.9. The van der Waals surface area contributed by atoms with Gasteiger partial charge in [-0.15, -0.1) is 11.8 Å². The van der Waals surface area contributed by atoms with Crippen molar-refractivity contribution in [2.75, 3.05) is 12.2 Å². The van der Waals surface area contributed by atoms with Gasteiger partial charge in [-0.1, -0.05) is 55.8 Å². The molecule has 4 aromatic rings. The lowest BCUT2D eigenvalue weighted by Gasteiger charge is -2.14. The standard InChI is InChI=1S/C24H23BrN4O2S2/c1-14(2)17-10-5-6-11-18(17)29-21(19(25)20(27-29)24(30)31-13-32-4)23-26-22(28-33-23)16-9-7-8-15(3)12-16/h5-12,14H,13H2,1-4H3. The Morgan fingerprint density at radius 2 is 2.00 bits per heavy atom. The smallest absolute Gasteiger partial charge is 0.360 e. The van der Waals surface area contributed by atoms with Crippen molar-refractivity contribution in [2.24, 2.45) is 0 Å². The van der Waals surface area contributed by atoms with Crippen LogP contribution in [0, 0.1) is 6.92 Å². The number of halogens is 1. The van der Waals surface area contributed by atoms with Crippen LogP contribution in [0.1, 0.15) is 41.4 Å². The second-order valence-electron chi connectivity index (χ2n) is 7.77. The van der Waals surface area contributed by atoms with Gasteiger partial charge in [0, 0.05) is 5.56 Å². The van der Waals surface area contributed by atoms with Crippen molar-refractivity contribution in [3.8, 4) is 27.8 Å². The third kappa shape index (κ3) is 4.90. The summed E-state index contributed by atoms with van der Waals surface area (Å²) < 4.78 is 12.3. The van der Waals surface area contributed by atoms with Crippen LogP contribution < -0.4 is 0 Å². The zero-order chi connectivity index (χ0) is 23.5. The molecule has 0 aliphatic rings. The number of para-hydroxylation sites is 1. The number of carbonyl (C=O) groups is 1. The maximum Gasteiger partial charge on any atom is 0.360 e. The summed E-state index contributed by atoms with van der Waals surface area (Å²) >= 11 is 6.32. The molecular weight excluding hydrogens is 520 g/mol. The number of aryl methyl sites for hydroxylation is 1. The number of hydrogen-bond acceptors (Lipinski definition) is 7. The Balaban J connectivity index is 1.89. The number of carbonyl (C=O) groups excluding carboxylic acids is 1. The van der Waals surface area contributed by atoms with Gasteiger partial charge in [0.2, 0.25) is 0 Å². The number of benzene rings is 2. The molecule has 4 rings (SSSR count). The van der Waals surface area contributed by atoms with Gasteiger partial charge < -0.3 is 4.74 Å². The summed E-state index contributed by atoms with van der Waals surface area (Å²) in [5.41, 5.74) is 4.97. The van der Waals surface area contributed by atoms with Crippen LogP contribution in [0.4, 0.5) is 0 Å². The number of ether oxygens (including phenoxy) is 1. The lowest BCUT2D eigenvalue weighted by Crippen LogP contribution is -2.08. The number of thioether (sulfide) groups is 1.